The van der Waals surface area contributed by atoms with E-state index in [0.717, 1.165) is 11.1 Å². The molecular weight excluding hydrogens is 236 g/mol. The van der Waals surface area contributed by atoms with Crippen molar-refractivity contribution in [2.75, 3.05) is 0 Å². The van der Waals surface area contributed by atoms with Crippen molar-refractivity contribution in [2.24, 2.45) is 0 Å². The largest absolute Gasteiger partial charge is 0.457 e. The zero-order chi connectivity index (χ0) is 13.7. The minimum absolute atomic E-state index is 0.192. The van der Waals surface area contributed by atoms with Gasteiger partial charge in [-0.2, -0.15) is 0 Å². The number of benzene rings is 2. The van der Waals surface area contributed by atoms with Gasteiger partial charge in [0.25, 0.3) is 0 Å². The highest BCUT2D eigenvalue weighted by Crippen LogP contribution is 2.22. The summed E-state index contributed by atoms with van der Waals surface area (Å²) in [7, 11) is 0. The van der Waals surface area contributed by atoms with E-state index >= 15 is 0 Å². The van der Waals surface area contributed by atoms with Gasteiger partial charge in [-0.3, -0.25) is 4.79 Å². The summed E-state index contributed by atoms with van der Waals surface area (Å²) < 4.78 is 5.51. The van der Waals surface area contributed by atoms with Gasteiger partial charge in [0.2, 0.25) is 0 Å². The maximum absolute atomic E-state index is 12.1. The summed E-state index contributed by atoms with van der Waals surface area (Å²) in [6.45, 7) is 3.76. The van der Waals surface area contributed by atoms with Crippen LogP contribution in [0.15, 0.2) is 60.7 Å². The van der Waals surface area contributed by atoms with Crippen LogP contribution < -0.4 is 0 Å². The number of carbonyl (C=O) groups is 1. The minimum Gasteiger partial charge on any atom is -0.457 e. The molecule has 0 spiro atoms. The summed E-state index contributed by atoms with van der Waals surface area (Å²) in [5.74, 6) is -0.435. The van der Waals surface area contributed by atoms with E-state index in [2.05, 4.69) is 0 Å². The lowest BCUT2D eigenvalue weighted by atomic mass is 10.0. The van der Waals surface area contributed by atoms with Crippen molar-refractivity contribution < 1.29 is 9.53 Å². The Morgan fingerprint density at radius 1 is 0.842 bits per heavy atom. The molecule has 0 amide bonds. The second-order valence-corrected chi connectivity index (χ2v) is 4.62. The zero-order valence-corrected chi connectivity index (χ0v) is 11.2. The first-order valence-electron chi connectivity index (χ1n) is 6.49. The van der Waals surface area contributed by atoms with Gasteiger partial charge in [-0.1, -0.05) is 60.7 Å². The maximum Gasteiger partial charge on any atom is 0.313 e. The fraction of sp³-hybridized carbons (Fsp3) is 0.235. The first kappa shape index (κ1) is 13.3. The molecule has 0 saturated heterocycles. The number of esters is 1. The SMILES string of the molecule is C[C@@H](OC(=O)[C@H](C)c1ccccc1)c1ccccc1. The topological polar surface area (TPSA) is 26.3 Å². The first-order valence-corrected chi connectivity index (χ1v) is 6.49. The molecule has 2 aromatic rings. The monoisotopic (exact) mass is 254 g/mol. The van der Waals surface area contributed by atoms with Gasteiger partial charge in [0, 0.05) is 0 Å². The van der Waals surface area contributed by atoms with E-state index in [9.17, 15) is 4.79 Å². The number of rotatable bonds is 4. The van der Waals surface area contributed by atoms with Crippen molar-refractivity contribution in [1.82, 2.24) is 0 Å². The summed E-state index contributed by atoms with van der Waals surface area (Å²) in [6.07, 6.45) is -0.222. The van der Waals surface area contributed by atoms with Gasteiger partial charge in [0.1, 0.15) is 6.10 Å². The van der Waals surface area contributed by atoms with E-state index in [-0.39, 0.29) is 18.0 Å². The molecule has 2 heteroatoms. The van der Waals surface area contributed by atoms with Crippen molar-refractivity contribution in [3.05, 3.63) is 71.8 Å². The molecule has 0 radical (unpaired) electrons. The standard InChI is InChI=1S/C17H18O2/c1-13(15-9-5-3-6-10-15)17(18)19-14(2)16-11-7-4-8-12-16/h3-14H,1-2H3/t13-,14-/m1/s1. The highest BCUT2D eigenvalue weighted by Gasteiger charge is 2.19. The van der Waals surface area contributed by atoms with Crippen LogP contribution in [0.5, 0.6) is 0 Å². The number of hydrogen-bond acceptors (Lipinski definition) is 2. The third-order valence-corrected chi connectivity index (χ3v) is 3.22. The predicted octanol–water partition coefficient (Wildman–Crippen LogP) is 4.09. The lowest BCUT2D eigenvalue weighted by molar-refractivity contribution is -0.150. The molecule has 2 aromatic carbocycles. The van der Waals surface area contributed by atoms with E-state index in [1.54, 1.807) is 0 Å². The molecule has 0 N–H and O–H groups in total. The molecule has 2 atom stereocenters. The van der Waals surface area contributed by atoms with E-state index in [1.165, 1.54) is 0 Å². The molecule has 0 heterocycles. The van der Waals surface area contributed by atoms with Crippen molar-refractivity contribution in [1.29, 1.82) is 0 Å². The van der Waals surface area contributed by atoms with Gasteiger partial charge < -0.3 is 4.74 Å². The Morgan fingerprint density at radius 3 is 1.84 bits per heavy atom. The Kier molecular flexibility index (Phi) is 4.35. The summed E-state index contributed by atoms with van der Waals surface area (Å²) in [5, 5.41) is 0. The van der Waals surface area contributed by atoms with Crippen LogP contribution in [0.4, 0.5) is 0 Å². The quantitative estimate of drug-likeness (QED) is 0.768. The van der Waals surface area contributed by atoms with E-state index < -0.39 is 0 Å². The van der Waals surface area contributed by atoms with Gasteiger partial charge in [0.15, 0.2) is 0 Å². The fourth-order valence-electron chi connectivity index (χ4n) is 1.95. The van der Waals surface area contributed by atoms with Crippen molar-refractivity contribution >= 4 is 5.97 Å². The summed E-state index contributed by atoms with van der Waals surface area (Å²) in [6, 6.07) is 19.5. The van der Waals surface area contributed by atoms with Gasteiger partial charge in [-0.25, -0.2) is 0 Å². The van der Waals surface area contributed by atoms with Crippen molar-refractivity contribution in [3.8, 4) is 0 Å². The maximum atomic E-state index is 12.1. The second-order valence-electron chi connectivity index (χ2n) is 4.62. The number of ether oxygens (including phenoxy) is 1. The number of carbonyl (C=O) groups excluding carboxylic acids is 1. The zero-order valence-electron chi connectivity index (χ0n) is 11.2. The smallest absolute Gasteiger partial charge is 0.313 e. The Bertz CT molecular complexity index is 519. The third kappa shape index (κ3) is 3.44. The van der Waals surface area contributed by atoms with Gasteiger partial charge in [0.05, 0.1) is 5.92 Å². The third-order valence-electron chi connectivity index (χ3n) is 3.22. The highest BCUT2D eigenvalue weighted by atomic mass is 16.5. The molecule has 0 bridgehead atoms. The average Bonchev–Trinajstić information content (AvgIpc) is 2.48. The number of hydrogen-bond donors (Lipinski definition) is 0. The highest BCUT2D eigenvalue weighted by molar-refractivity contribution is 5.77. The molecule has 0 aromatic heterocycles. The second kappa shape index (κ2) is 6.19. The Hall–Kier alpha value is -2.09. The molecule has 2 rings (SSSR count). The molecule has 0 fully saturated rings. The lowest BCUT2D eigenvalue weighted by Crippen LogP contribution is -2.15. The van der Waals surface area contributed by atoms with Crippen LogP contribution in [0.1, 0.15) is 37.0 Å². The van der Waals surface area contributed by atoms with E-state index in [0.29, 0.717) is 0 Å². The van der Waals surface area contributed by atoms with Crippen molar-refractivity contribution in [3.63, 3.8) is 0 Å². The molecule has 0 aliphatic carbocycles. The van der Waals surface area contributed by atoms with Crippen molar-refractivity contribution in [2.45, 2.75) is 25.9 Å². The summed E-state index contributed by atoms with van der Waals surface area (Å²) in [4.78, 5) is 12.1. The van der Waals surface area contributed by atoms with Crippen LogP contribution in [0.25, 0.3) is 0 Å². The van der Waals surface area contributed by atoms with Gasteiger partial charge in [-0.15, -0.1) is 0 Å². The van der Waals surface area contributed by atoms with E-state index in [4.69, 9.17) is 4.74 Å². The summed E-state index contributed by atoms with van der Waals surface area (Å²) in [5.41, 5.74) is 1.99. The van der Waals surface area contributed by atoms with Crippen LogP contribution in [-0.2, 0) is 9.53 Å². The van der Waals surface area contributed by atoms with Crippen LogP contribution in [0.2, 0.25) is 0 Å². The Balaban J connectivity index is 2.02. The van der Waals surface area contributed by atoms with Crippen LogP contribution in [-0.4, -0.2) is 5.97 Å². The first-order chi connectivity index (χ1) is 9.18. The van der Waals surface area contributed by atoms with Crippen LogP contribution in [0, 0.1) is 0 Å². The summed E-state index contributed by atoms with van der Waals surface area (Å²) >= 11 is 0. The molecule has 0 aliphatic rings. The molecule has 0 saturated carbocycles. The average molecular weight is 254 g/mol. The molecule has 98 valence electrons. The molecular formula is C17H18O2. The molecule has 0 aliphatic heterocycles. The Morgan fingerprint density at radius 2 is 1.32 bits per heavy atom. The lowest BCUT2D eigenvalue weighted by Gasteiger charge is -2.17. The molecule has 19 heavy (non-hydrogen) atoms. The van der Waals surface area contributed by atoms with Gasteiger partial charge >= 0.3 is 5.97 Å². The Labute approximate surface area is 114 Å². The molecule has 0 unspecified atom stereocenters. The molecule has 2 nitrogen and oxygen atoms in total. The van der Waals surface area contributed by atoms with Gasteiger partial charge in [-0.05, 0) is 25.0 Å². The minimum atomic E-state index is -0.243. The van der Waals surface area contributed by atoms with Crippen LogP contribution in [0.3, 0.4) is 0 Å². The van der Waals surface area contributed by atoms with Crippen LogP contribution >= 0.6 is 0 Å². The predicted molar refractivity (Wildman–Crippen MR) is 75.8 cm³/mol. The van der Waals surface area contributed by atoms with E-state index in [1.807, 2.05) is 74.5 Å². The normalized spacial score (nSPS) is 13.6. The fourth-order valence-corrected chi connectivity index (χ4v) is 1.95.